The lowest BCUT2D eigenvalue weighted by molar-refractivity contribution is -0.438. The summed E-state index contributed by atoms with van der Waals surface area (Å²) in [5, 5.41) is 23.1. The minimum absolute atomic E-state index is 0. The Labute approximate surface area is 370 Å². The molecule has 60 heavy (non-hydrogen) atoms. The van der Waals surface area contributed by atoms with Crippen molar-refractivity contribution < 1.29 is 41.4 Å². The molecule has 0 atom stereocenters. The van der Waals surface area contributed by atoms with E-state index in [1.807, 2.05) is 0 Å². The number of carboxylic acid groups (broad SMARTS) is 2. The number of hydrogen-bond donors (Lipinski definition) is 2. The lowest BCUT2D eigenvalue weighted by atomic mass is 9.79. The number of fused-ring (bicyclic) bond motifs is 6. The Bertz CT molecular complexity index is 2180. The van der Waals surface area contributed by atoms with Gasteiger partial charge in [-0.2, -0.15) is 4.58 Å². The highest BCUT2D eigenvalue weighted by atomic mass is 79.9. The van der Waals surface area contributed by atoms with Crippen LogP contribution in [0.5, 0.6) is 0 Å². The van der Waals surface area contributed by atoms with E-state index in [0.29, 0.717) is 0 Å². The van der Waals surface area contributed by atoms with Crippen molar-refractivity contribution in [2.75, 3.05) is 18.0 Å². The minimum Gasteiger partial charge on any atom is -1.00 e. The van der Waals surface area contributed by atoms with Gasteiger partial charge in [-0.15, -0.1) is 0 Å². The highest BCUT2D eigenvalue weighted by Crippen LogP contribution is 2.51. The summed E-state index contributed by atoms with van der Waals surface area (Å²) >= 11 is 0. The standard InChI is InChI=1S/C53H68N2O4.BrH/c1-52(2)46(54(38-23-15-11-7-5-9-13-17-32-48(56)57)44-36-34-40-26-19-21-28-42(40)50(44)52)30-25-31-47-53(3,4)51-43-29-22-20-27-41(43)35-37-45(51)55(47)39-24-16-12-8-6-10-14-18-33-49(58)59;/h19-22,25-31,34-37H,5-18,23-24,32-33,38-39H2,1-4H3,(H-,56,57,58,59);1H. The molecule has 4 aromatic carbocycles. The van der Waals surface area contributed by atoms with E-state index in [2.05, 4.69) is 128 Å². The van der Waals surface area contributed by atoms with Crippen molar-refractivity contribution in [3.05, 3.63) is 108 Å². The molecule has 7 heteroatoms. The molecule has 2 heterocycles. The normalized spacial score (nSPS) is 15.9. The average Bonchev–Trinajstić information content (AvgIpc) is 3.57. The number of carbonyl (C=O) groups is 2. The van der Waals surface area contributed by atoms with Gasteiger partial charge in [-0.25, -0.2) is 0 Å². The average molecular weight is 878 g/mol. The number of benzene rings is 4. The summed E-state index contributed by atoms with van der Waals surface area (Å²) < 4.78 is 2.61. The highest BCUT2D eigenvalue weighted by molar-refractivity contribution is 6.07. The van der Waals surface area contributed by atoms with Crippen molar-refractivity contribution in [1.82, 2.24) is 0 Å². The maximum Gasteiger partial charge on any atom is 0.303 e. The molecule has 0 unspecified atom stereocenters. The molecule has 0 spiro atoms. The molecule has 6 rings (SSSR count). The predicted octanol–water partition coefficient (Wildman–Crippen LogP) is 10.8. The lowest BCUT2D eigenvalue weighted by Gasteiger charge is -2.27. The molecular formula is C53H69BrN2O4. The van der Waals surface area contributed by atoms with Crippen LogP contribution >= 0.6 is 0 Å². The van der Waals surface area contributed by atoms with Gasteiger partial charge in [0, 0.05) is 60.3 Å². The van der Waals surface area contributed by atoms with Crippen molar-refractivity contribution in [2.24, 2.45) is 0 Å². The minimum atomic E-state index is -0.686. The Morgan fingerprint density at radius 2 is 1.07 bits per heavy atom. The quantitative estimate of drug-likeness (QED) is 0.0541. The molecule has 2 aliphatic rings. The Hall–Kier alpha value is -4.23. The van der Waals surface area contributed by atoms with Crippen molar-refractivity contribution in [3.8, 4) is 0 Å². The zero-order valence-corrected chi connectivity index (χ0v) is 38.4. The largest absolute Gasteiger partial charge is 1.00 e. The van der Waals surface area contributed by atoms with Crippen molar-refractivity contribution in [3.63, 3.8) is 0 Å². The van der Waals surface area contributed by atoms with Crippen LogP contribution in [-0.2, 0) is 20.4 Å². The Balaban J connectivity index is 0.00000683. The van der Waals surface area contributed by atoms with Crippen LogP contribution in [-0.4, -0.2) is 45.5 Å². The maximum absolute atomic E-state index is 10.8. The zero-order chi connectivity index (χ0) is 41.8. The van der Waals surface area contributed by atoms with Crippen molar-refractivity contribution in [2.45, 2.75) is 154 Å². The fraction of sp³-hybridized carbons (Fsp3) is 0.491. The van der Waals surface area contributed by atoms with E-state index < -0.39 is 11.9 Å². The number of unbranched alkanes of at least 4 members (excludes halogenated alkanes) is 14. The van der Waals surface area contributed by atoms with Crippen molar-refractivity contribution >= 4 is 50.6 Å². The van der Waals surface area contributed by atoms with Crippen LogP contribution in [0.15, 0.2) is 96.7 Å². The summed E-state index contributed by atoms with van der Waals surface area (Å²) in [5.41, 5.74) is 7.89. The third kappa shape index (κ3) is 11.2. The number of allylic oxidation sites excluding steroid dienone is 4. The fourth-order valence-electron chi connectivity index (χ4n) is 10.00. The molecular weight excluding hydrogens is 808 g/mol. The van der Waals surface area contributed by atoms with Gasteiger partial charge < -0.3 is 32.1 Å². The van der Waals surface area contributed by atoms with Gasteiger partial charge in [-0.3, -0.25) is 9.59 Å². The summed E-state index contributed by atoms with van der Waals surface area (Å²) in [7, 11) is 0. The van der Waals surface area contributed by atoms with E-state index in [4.69, 9.17) is 10.2 Å². The van der Waals surface area contributed by atoms with Gasteiger partial charge in [0.25, 0.3) is 0 Å². The maximum atomic E-state index is 10.8. The van der Waals surface area contributed by atoms with E-state index in [9.17, 15) is 9.59 Å². The van der Waals surface area contributed by atoms with Crippen LogP contribution in [0, 0.1) is 0 Å². The van der Waals surface area contributed by atoms with Crippen LogP contribution in [0.2, 0.25) is 0 Å². The predicted molar refractivity (Wildman–Crippen MR) is 247 cm³/mol. The fourth-order valence-corrected chi connectivity index (χ4v) is 10.00. The number of anilines is 1. The Morgan fingerprint density at radius 1 is 0.583 bits per heavy atom. The second kappa shape index (κ2) is 22.0. The molecule has 4 aromatic rings. The van der Waals surface area contributed by atoms with E-state index in [1.54, 1.807) is 0 Å². The summed E-state index contributed by atoms with van der Waals surface area (Å²) in [6.07, 6.45) is 25.5. The first-order chi connectivity index (χ1) is 28.5. The van der Waals surface area contributed by atoms with Gasteiger partial charge in [-0.1, -0.05) is 145 Å². The summed E-state index contributed by atoms with van der Waals surface area (Å²) in [6.45, 7) is 11.6. The second-order valence-electron chi connectivity index (χ2n) is 18.2. The molecule has 322 valence electrons. The summed E-state index contributed by atoms with van der Waals surface area (Å²) in [4.78, 5) is 24.3. The van der Waals surface area contributed by atoms with E-state index >= 15 is 0 Å². The number of nitrogens with zero attached hydrogens (tertiary/aromatic N) is 2. The molecule has 6 nitrogen and oxygen atoms in total. The van der Waals surface area contributed by atoms with E-state index in [-0.39, 0.29) is 40.7 Å². The van der Waals surface area contributed by atoms with Crippen LogP contribution in [0.3, 0.4) is 0 Å². The molecule has 0 aliphatic carbocycles. The SMILES string of the molecule is CC1(C)C(/C=C/C=C2\N(CCCCCCCCCCC(=O)O)c3ccc4ccccc4c3C2(C)C)=[N+](CCCCCCCCCCC(=O)O)c2ccc3ccccc3c21.[Br-]. The molecule has 0 bridgehead atoms. The Morgan fingerprint density at radius 3 is 1.63 bits per heavy atom. The van der Waals surface area contributed by atoms with Crippen LogP contribution in [0.1, 0.15) is 154 Å². The molecule has 0 saturated carbocycles. The molecule has 2 N–H and O–H groups in total. The smallest absolute Gasteiger partial charge is 0.303 e. The number of rotatable bonds is 24. The lowest BCUT2D eigenvalue weighted by Crippen LogP contribution is -3.00. The number of halogens is 1. The third-order valence-corrected chi connectivity index (χ3v) is 13.1. The first-order valence-corrected chi connectivity index (χ1v) is 22.8. The van der Waals surface area contributed by atoms with Crippen LogP contribution in [0.25, 0.3) is 21.5 Å². The first-order valence-electron chi connectivity index (χ1n) is 22.8. The topological polar surface area (TPSA) is 80.9 Å². The van der Waals surface area contributed by atoms with Gasteiger partial charge in [0.2, 0.25) is 5.69 Å². The number of hydrogen-bond acceptors (Lipinski definition) is 3. The molecule has 0 aromatic heterocycles. The Kier molecular flexibility index (Phi) is 17.2. The van der Waals surface area contributed by atoms with E-state index in [0.717, 1.165) is 64.5 Å². The van der Waals surface area contributed by atoms with E-state index in [1.165, 1.54) is 107 Å². The molecule has 2 aliphatic heterocycles. The molecule has 0 saturated heterocycles. The zero-order valence-electron chi connectivity index (χ0n) is 36.8. The van der Waals surface area contributed by atoms with Crippen molar-refractivity contribution in [1.29, 1.82) is 0 Å². The highest BCUT2D eigenvalue weighted by Gasteiger charge is 2.45. The van der Waals surface area contributed by atoms with Gasteiger partial charge in [0.05, 0.1) is 5.41 Å². The summed E-state index contributed by atoms with van der Waals surface area (Å²) in [5.74, 6) is -1.37. The number of carboxylic acids is 2. The molecule has 0 amide bonds. The second-order valence-corrected chi connectivity index (χ2v) is 18.2. The molecule has 0 radical (unpaired) electrons. The van der Waals surface area contributed by atoms with Gasteiger partial charge >= 0.3 is 11.9 Å². The number of aliphatic carboxylic acids is 2. The van der Waals surface area contributed by atoms with Gasteiger partial charge in [-0.05, 0) is 84.8 Å². The molecule has 0 fully saturated rings. The van der Waals surface area contributed by atoms with Gasteiger partial charge in [0.1, 0.15) is 6.54 Å². The monoisotopic (exact) mass is 876 g/mol. The third-order valence-electron chi connectivity index (χ3n) is 13.1. The van der Waals surface area contributed by atoms with Gasteiger partial charge in [0.15, 0.2) is 5.71 Å². The summed E-state index contributed by atoms with van der Waals surface area (Å²) in [6, 6.07) is 27.0. The van der Waals surface area contributed by atoms with Crippen LogP contribution in [0.4, 0.5) is 11.4 Å². The van der Waals surface area contributed by atoms with Crippen LogP contribution < -0.4 is 21.9 Å². The first kappa shape index (κ1) is 46.8.